The van der Waals surface area contributed by atoms with Gasteiger partial charge in [0.25, 0.3) is 5.91 Å². The van der Waals surface area contributed by atoms with E-state index >= 15 is 0 Å². The van der Waals surface area contributed by atoms with Crippen LogP contribution in [-0.2, 0) is 20.5 Å². The molecule has 4 aliphatic rings. The number of hydrogen-bond acceptors (Lipinski definition) is 5. The lowest BCUT2D eigenvalue weighted by atomic mass is 9.57. The Morgan fingerprint density at radius 3 is 2.71 bits per heavy atom. The van der Waals surface area contributed by atoms with E-state index in [1.807, 2.05) is 60.8 Å². The molecule has 35 heavy (non-hydrogen) atoms. The number of amides is 2. The number of thiophene rings is 1. The zero-order valence-electron chi connectivity index (χ0n) is 18.9. The summed E-state index contributed by atoms with van der Waals surface area (Å²) >= 11 is 8.04. The van der Waals surface area contributed by atoms with E-state index in [9.17, 15) is 14.4 Å². The van der Waals surface area contributed by atoms with Gasteiger partial charge in [-0.1, -0.05) is 41.9 Å². The Morgan fingerprint density at radius 2 is 1.91 bits per heavy atom. The third-order valence-corrected chi connectivity index (χ3v) is 9.53. The number of nitrogens with one attached hydrogen (secondary N) is 2. The van der Waals surface area contributed by atoms with Gasteiger partial charge in [0.2, 0.25) is 5.91 Å². The predicted molar refractivity (Wildman–Crippen MR) is 135 cm³/mol. The summed E-state index contributed by atoms with van der Waals surface area (Å²) in [5.74, 6) is -1.40. The van der Waals surface area contributed by atoms with Crippen molar-refractivity contribution in [1.29, 1.82) is 0 Å². The standard InChI is InChI=1S/C27H22ClN3O3S/c1-14-12-16-22(17(28)13-14)30-25(34)27(16)26(15-6-2-3-7-18(15)29-24(26)33)21(19-8-4-10-31(19)27)23(32)20-9-5-11-35-20/h2-3,5-7,9,11-13,19,21H,4,8,10H2,1H3,(H,29,33)(H,30,34). The van der Waals surface area contributed by atoms with Crippen LogP contribution in [0.1, 0.15) is 39.2 Å². The quantitative estimate of drug-likeness (QED) is 0.496. The molecule has 2 N–H and O–H groups in total. The fourth-order valence-corrected chi connectivity index (χ4v) is 8.37. The molecule has 0 bridgehead atoms. The predicted octanol–water partition coefficient (Wildman–Crippen LogP) is 4.72. The van der Waals surface area contributed by atoms with Crippen LogP contribution >= 0.6 is 22.9 Å². The normalized spacial score (nSPS) is 30.5. The smallest absolute Gasteiger partial charge is 0.251 e. The van der Waals surface area contributed by atoms with Crippen LogP contribution in [0, 0.1) is 12.8 Å². The minimum atomic E-state index is -1.43. The summed E-state index contributed by atoms with van der Waals surface area (Å²) in [4.78, 5) is 45.7. The van der Waals surface area contributed by atoms with Crippen LogP contribution in [0.3, 0.4) is 0 Å². The Balaban J connectivity index is 1.63. The first kappa shape index (κ1) is 21.3. The third-order valence-electron chi connectivity index (χ3n) is 8.35. The van der Waals surface area contributed by atoms with E-state index in [0.29, 0.717) is 38.9 Å². The molecular weight excluding hydrogens is 482 g/mol. The van der Waals surface area contributed by atoms with Gasteiger partial charge in [0.1, 0.15) is 11.0 Å². The zero-order valence-corrected chi connectivity index (χ0v) is 20.5. The van der Waals surface area contributed by atoms with E-state index in [2.05, 4.69) is 15.5 Å². The SMILES string of the molecule is Cc1cc(Cl)c2c(c1)C1(C(=O)N2)N2CCCC2C(C(=O)c2cccs2)C12C(=O)Nc1ccccc12. The Kier molecular flexibility index (Phi) is 4.28. The molecule has 4 aliphatic heterocycles. The van der Waals surface area contributed by atoms with Gasteiger partial charge in [-0.3, -0.25) is 19.3 Å². The number of nitrogens with zero attached hydrogens (tertiary/aromatic N) is 1. The van der Waals surface area contributed by atoms with Gasteiger partial charge in [0.05, 0.1) is 21.5 Å². The number of carbonyl (C=O) groups excluding carboxylic acids is 3. The average Bonchev–Trinajstić information content (AvgIpc) is 3.62. The number of fused-ring (bicyclic) bond motifs is 7. The van der Waals surface area contributed by atoms with Crippen molar-refractivity contribution in [3.63, 3.8) is 0 Å². The first-order valence-corrected chi connectivity index (χ1v) is 13.1. The molecule has 0 saturated carbocycles. The second-order valence-electron chi connectivity index (χ2n) is 9.86. The molecule has 7 rings (SSSR count). The van der Waals surface area contributed by atoms with Crippen molar-refractivity contribution >= 4 is 51.9 Å². The number of ketones is 1. The molecule has 2 amide bonds. The number of hydrogen-bond donors (Lipinski definition) is 2. The highest BCUT2D eigenvalue weighted by molar-refractivity contribution is 7.12. The lowest BCUT2D eigenvalue weighted by molar-refractivity contribution is -0.137. The first-order chi connectivity index (χ1) is 16.9. The number of halogens is 1. The molecule has 0 aliphatic carbocycles. The van der Waals surface area contributed by atoms with E-state index < -0.39 is 16.9 Å². The molecular formula is C27H22ClN3O3S. The second-order valence-corrected chi connectivity index (χ2v) is 11.2. The summed E-state index contributed by atoms with van der Waals surface area (Å²) in [5, 5.41) is 8.40. The third kappa shape index (κ3) is 2.32. The van der Waals surface area contributed by atoms with Crippen molar-refractivity contribution in [3.05, 3.63) is 80.5 Å². The summed E-state index contributed by atoms with van der Waals surface area (Å²) in [5.41, 5.74) is 0.670. The van der Waals surface area contributed by atoms with Crippen LogP contribution in [0.2, 0.25) is 5.02 Å². The number of benzene rings is 2. The highest BCUT2D eigenvalue weighted by Gasteiger charge is 2.81. The average molecular weight is 504 g/mol. The van der Waals surface area contributed by atoms with Gasteiger partial charge in [-0.05, 0) is 61.0 Å². The highest BCUT2D eigenvalue weighted by Crippen LogP contribution is 2.68. The van der Waals surface area contributed by atoms with Crippen LogP contribution in [0.4, 0.5) is 11.4 Å². The van der Waals surface area contributed by atoms with Crippen LogP contribution in [0.25, 0.3) is 0 Å². The maximum absolute atomic E-state index is 14.4. The van der Waals surface area contributed by atoms with Gasteiger partial charge in [-0.2, -0.15) is 0 Å². The number of anilines is 2. The first-order valence-electron chi connectivity index (χ1n) is 11.8. The molecule has 2 saturated heterocycles. The highest BCUT2D eigenvalue weighted by atomic mass is 35.5. The van der Waals surface area contributed by atoms with Gasteiger partial charge >= 0.3 is 0 Å². The number of rotatable bonds is 2. The summed E-state index contributed by atoms with van der Waals surface area (Å²) in [7, 11) is 0. The summed E-state index contributed by atoms with van der Waals surface area (Å²) in [6, 6.07) is 14.7. The lowest BCUT2D eigenvalue weighted by Gasteiger charge is -2.43. The summed E-state index contributed by atoms with van der Waals surface area (Å²) in [6.45, 7) is 2.55. The molecule has 2 aromatic carbocycles. The Morgan fingerprint density at radius 1 is 1.09 bits per heavy atom. The molecule has 5 heterocycles. The van der Waals surface area contributed by atoms with Gasteiger partial charge < -0.3 is 10.6 Å². The lowest BCUT2D eigenvalue weighted by Crippen LogP contribution is -2.62. The monoisotopic (exact) mass is 503 g/mol. The van der Waals surface area contributed by atoms with Crippen LogP contribution in [0.5, 0.6) is 0 Å². The van der Waals surface area contributed by atoms with Crippen molar-refractivity contribution in [1.82, 2.24) is 4.90 Å². The second kappa shape index (κ2) is 7.03. The summed E-state index contributed by atoms with van der Waals surface area (Å²) < 4.78 is 0. The number of para-hydroxylation sites is 1. The van der Waals surface area contributed by atoms with Gasteiger partial charge in [-0.25, -0.2) is 0 Å². The molecule has 8 heteroatoms. The van der Waals surface area contributed by atoms with Gasteiger partial charge in [-0.15, -0.1) is 11.3 Å². The molecule has 176 valence electrons. The number of aryl methyl sites for hydroxylation is 1. The van der Waals surface area contributed by atoms with Crippen molar-refractivity contribution in [2.75, 3.05) is 17.2 Å². The van der Waals surface area contributed by atoms with Crippen molar-refractivity contribution in [2.45, 2.75) is 36.8 Å². The van der Waals surface area contributed by atoms with Gasteiger partial charge in [0, 0.05) is 17.3 Å². The van der Waals surface area contributed by atoms with E-state index in [-0.39, 0.29) is 23.6 Å². The molecule has 3 aromatic rings. The molecule has 4 unspecified atom stereocenters. The number of Topliss-reactive ketones (excluding diaryl/α,β-unsaturated/α-hetero) is 1. The Bertz CT molecular complexity index is 1450. The molecule has 2 spiro atoms. The fraction of sp³-hybridized carbons (Fsp3) is 0.296. The van der Waals surface area contributed by atoms with E-state index in [0.717, 1.165) is 18.4 Å². The maximum Gasteiger partial charge on any atom is 0.251 e. The van der Waals surface area contributed by atoms with Gasteiger partial charge in [0.15, 0.2) is 5.78 Å². The molecule has 6 nitrogen and oxygen atoms in total. The van der Waals surface area contributed by atoms with Crippen molar-refractivity contribution in [3.8, 4) is 0 Å². The molecule has 0 radical (unpaired) electrons. The minimum absolute atomic E-state index is 0.0828. The summed E-state index contributed by atoms with van der Waals surface area (Å²) in [6.07, 6.45) is 1.59. The van der Waals surface area contributed by atoms with Crippen LogP contribution in [0.15, 0.2) is 53.9 Å². The topological polar surface area (TPSA) is 78.5 Å². The van der Waals surface area contributed by atoms with Crippen LogP contribution in [-0.4, -0.2) is 35.1 Å². The van der Waals surface area contributed by atoms with E-state index in [1.165, 1.54) is 11.3 Å². The van der Waals surface area contributed by atoms with E-state index in [4.69, 9.17) is 11.6 Å². The largest absolute Gasteiger partial charge is 0.325 e. The van der Waals surface area contributed by atoms with Crippen molar-refractivity contribution in [2.24, 2.45) is 5.92 Å². The zero-order chi connectivity index (χ0) is 24.1. The fourth-order valence-electron chi connectivity index (χ4n) is 7.34. The number of carbonyl (C=O) groups is 3. The molecule has 4 atom stereocenters. The van der Waals surface area contributed by atoms with Crippen LogP contribution < -0.4 is 10.6 Å². The molecule has 2 fully saturated rings. The molecule has 1 aromatic heterocycles. The Labute approximate surface area is 211 Å². The van der Waals surface area contributed by atoms with Crippen molar-refractivity contribution < 1.29 is 14.4 Å². The minimum Gasteiger partial charge on any atom is -0.325 e. The van der Waals surface area contributed by atoms with E-state index in [1.54, 1.807) is 0 Å². The Hall–Kier alpha value is -3.00. The maximum atomic E-state index is 14.4.